The van der Waals surface area contributed by atoms with Crippen LogP contribution in [-0.2, 0) is 0 Å². The molecular weight excluding hydrogens is 440 g/mol. The zero-order chi connectivity index (χ0) is 23.8. The van der Waals surface area contributed by atoms with Gasteiger partial charge in [-0.2, -0.15) is 5.26 Å². The molecule has 0 unspecified atom stereocenters. The first kappa shape index (κ1) is 22.0. The third-order valence-corrected chi connectivity index (χ3v) is 6.22. The van der Waals surface area contributed by atoms with Crippen LogP contribution in [0.25, 0.3) is 16.9 Å². The van der Waals surface area contributed by atoms with E-state index in [1.165, 1.54) is 6.20 Å². The van der Waals surface area contributed by atoms with E-state index in [-0.39, 0.29) is 17.3 Å². The van der Waals surface area contributed by atoms with Gasteiger partial charge in [-0.05, 0) is 45.8 Å². The Labute approximate surface area is 194 Å². The quantitative estimate of drug-likeness (QED) is 0.479. The number of hydrogen-bond donors (Lipinski definition) is 1. The molecular formula is C24H23F2N7O. The average molecular weight is 463 g/mol. The van der Waals surface area contributed by atoms with Crippen molar-refractivity contribution >= 4 is 5.65 Å². The lowest BCUT2D eigenvalue weighted by molar-refractivity contribution is 0.204. The molecule has 4 aromatic rings. The second kappa shape index (κ2) is 8.83. The second-order valence-corrected chi connectivity index (χ2v) is 8.38. The second-order valence-electron chi connectivity index (χ2n) is 8.38. The number of fused-ring (bicyclic) bond motifs is 1. The third-order valence-electron chi connectivity index (χ3n) is 6.22. The molecule has 0 spiro atoms. The molecule has 0 bridgehead atoms. The predicted molar refractivity (Wildman–Crippen MR) is 120 cm³/mol. The molecule has 5 rings (SSSR count). The third kappa shape index (κ3) is 3.88. The molecule has 0 radical (unpaired) electrons. The fourth-order valence-corrected chi connectivity index (χ4v) is 4.50. The maximum absolute atomic E-state index is 14.3. The molecule has 34 heavy (non-hydrogen) atoms. The van der Waals surface area contributed by atoms with Gasteiger partial charge in [0.1, 0.15) is 35.0 Å². The molecule has 1 fully saturated rings. The van der Waals surface area contributed by atoms with E-state index in [0.29, 0.717) is 11.7 Å². The summed E-state index contributed by atoms with van der Waals surface area (Å²) in [7, 11) is 0. The summed E-state index contributed by atoms with van der Waals surface area (Å²) in [5, 5.41) is 12.9. The van der Waals surface area contributed by atoms with Crippen LogP contribution in [0.5, 0.6) is 5.88 Å². The van der Waals surface area contributed by atoms with E-state index in [9.17, 15) is 14.0 Å². The summed E-state index contributed by atoms with van der Waals surface area (Å²) in [6.45, 7) is 5.58. The van der Waals surface area contributed by atoms with Gasteiger partial charge in [0, 0.05) is 29.4 Å². The maximum atomic E-state index is 14.3. The molecule has 8 nitrogen and oxygen atoms in total. The van der Waals surface area contributed by atoms with E-state index < -0.39 is 17.7 Å². The Balaban J connectivity index is 1.56. The summed E-state index contributed by atoms with van der Waals surface area (Å²) < 4.78 is 37.4. The molecule has 0 saturated carbocycles. The van der Waals surface area contributed by atoms with Crippen LogP contribution in [0.15, 0.2) is 36.9 Å². The van der Waals surface area contributed by atoms with Crippen LogP contribution in [0, 0.1) is 29.9 Å². The van der Waals surface area contributed by atoms with Gasteiger partial charge in [0.05, 0.1) is 24.4 Å². The zero-order valence-electron chi connectivity index (χ0n) is 18.8. The van der Waals surface area contributed by atoms with Crippen molar-refractivity contribution in [3.8, 4) is 23.2 Å². The highest BCUT2D eigenvalue weighted by Crippen LogP contribution is 2.33. The highest BCUT2D eigenvalue weighted by atomic mass is 19.1. The topological polar surface area (TPSA) is 93.1 Å². The Kier molecular flexibility index (Phi) is 5.71. The van der Waals surface area contributed by atoms with Gasteiger partial charge in [0.25, 0.3) is 0 Å². The molecule has 174 valence electrons. The minimum Gasteiger partial charge on any atom is -0.469 e. The standard InChI is InChI=1S/C24H23F2N7O/c1-14-23(31-13-32(14)18-3-5-28-6-4-18)16-7-21-29-12-19(10-27)33(21)22(8-16)34-15(2)24-20(26)9-17(25)11-30-24/h7-9,11-13,15,18,28H,3-6H2,1-2H3/t15-/m1/s1. The maximum Gasteiger partial charge on any atom is 0.201 e. The Hall–Kier alpha value is -3.84. The monoisotopic (exact) mass is 463 g/mol. The molecule has 5 heterocycles. The molecule has 1 aliphatic heterocycles. The number of rotatable bonds is 5. The van der Waals surface area contributed by atoms with Crippen molar-refractivity contribution in [2.75, 3.05) is 13.1 Å². The molecule has 10 heteroatoms. The van der Waals surface area contributed by atoms with Gasteiger partial charge >= 0.3 is 0 Å². The highest BCUT2D eigenvalue weighted by molar-refractivity contribution is 5.69. The predicted octanol–water partition coefficient (Wildman–Crippen LogP) is 4.12. The lowest BCUT2D eigenvalue weighted by atomic mass is 10.1. The fourth-order valence-electron chi connectivity index (χ4n) is 4.50. The number of halogens is 2. The Bertz CT molecular complexity index is 1400. The summed E-state index contributed by atoms with van der Waals surface area (Å²) >= 11 is 0. The van der Waals surface area contributed by atoms with Gasteiger partial charge in [-0.15, -0.1) is 0 Å². The molecule has 1 saturated heterocycles. The van der Waals surface area contributed by atoms with E-state index in [2.05, 4.69) is 30.9 Å². The van der Waals surface area contributed by atoms with Crippen LogP contribution in [0.2, 0.25) is 0 Å². The number of ether oxygens (including phenoxy) is 1. The molecule has 4 aromatic heterocycles. The van der Waals surface area contributed by atoms with Crippen molar-refractivity contribution in [2.45, 2.75) is 38.8 Å². The van der Waals surface area contributed by atoms with Crippen LogP contribution < -0.4 is 10.1 Å². The van der Waals surface area contributed by atoms with E-state index in [1.807, 2.05) is 19.3 Å². The molecule has 0 amide bonds. The first-order valence-corrected chi connectivity index (χ1v) is 11.1. The number of hydrogen-bond acceptors (Lipinski definition) is 6. The number of imidazole rings is 2. The van der Waals surface area contributed by atoms with Crippen molar-refractivity contribution in [3.05, 3.63) is 65.6 Å². The fraction of sp³-hybridized carbons (Fsp3) is 0.333. The van der Waals surface area contributed by atoms with Gasteiger partial charge in [0.15, 0.2) is 5.82 Å². The van der Waals surface area contributed by atoms with E-state index >= 15 is 0 Å². The van der Waals surface area contributed by atoms with Gasteiger partial charge in [-0.3, -0.25) is 9.38 Å². The normalized spacial score (nSPS) is 15.4. The largest absolute Gasteiger partial charge is 0.469 e. The number of aromatic nitrogens is 5. The molecule has 0 aliphatic carbocycles. The summed E-state index contributed by atoms with van der Waals surface area (Å²) in [4.78, 5) is 12.9. The van der Waals surface area contributed by atoms with Gasteiger partial charge in [-0.1, -0.05) is 0 Å². The summed E-state index contributed by atoms with van der Waals surface area (Å²) in [5.41, 5.74) is 3.31. The van der Waals surface area contributed by atoms with Crippen molar-refractivity contribution in [1.82, 2.24) is 29.2 Å². The number of nitrogens with one attached hydrogen (secondary N) is 1. The minimum atomic E-state index is -0.846. The Morgan fingerprint density at radius 2 is 1.94 bits per heavy atom. The molecule has 1 N–H and O–H groups in total. The van der Waals surface area contributed by atoms with Crippen LogP contribution in [-0.4, -0.2) is 37.0 Å². The number of nitriles is 1. The van der Waals surface area contributed by atoms with Crippen molar-refractivity contribution in [1.29, 1.82) is 5.26 Å². The highest BCUT2D eigenvalue weighted by Gasteiger charge is 2.22. The number of piperidine rings is 1. The Morgan fingerprint density at radius 1 is 1.15 bits per heavy atom. The molecule has 1 aliphatic rings. The van der Waals surface area contributed by atoms with Crippen molar-refractivity contribution in [3.63, 3.8) is 0 Å². The van der Waals surface area contributed by atoms with E-state index in [1.54, 1.807) is 17.4 Å². The Morgan fingerprint density at radius 3 is 2.68 bits per heavy atom. The van der Waals surface area contributed by atoms with Crippen LogP contribution in [0.1, 0.15) is 49.0 Å². The zero-order valence-corrected chi connectivity index (χ0v) is 18.8. The smallest absolute Gasteiger partial charge is 0.201 e. The van der Waals surface area contributed by atoms with Crippen molar-refractivity contribution < 1.29 is 13.5 Å². The van der Waals surface area contributed by atoms with E-state index in [4.69, 9.17) is 4.74 Å². The number of nitrogens with zero attached hydrogens (tertiary/aromatic N) is 6. The lowest BCUT2D eigenvalue weighted by Crippen LogP contribution is -2.29. The van der Waals surface area contributed by atoms with Gasteiger partial charge < -0.3 is 14.6 Å². The van der Waals surface area contributed by atoms with E-state index in [0.717, 1.165) is 55.1 Å². The first-order chi connectivity index (χ1) is 16.5. The summed E-state index contributed by atoms with van der Waals surface area (Å²) in [6.07, 6.45) is 5.47. The summed E-state index contributed by atoms with van der Waals surface area (Å²) in [6, 6.07) is 6.85. The first-order valence-electron chi connectivity index (χ1n) is 11.1. The van der Waals surface area contributed by atoms with Crippen LogP contribution >= 0.6 is 0 Å². The SMILES string of the molecule is Cc1c(-c2cc(O[C@H](C)c3ncc(F)cc3F)n3c(C#N)cnc3c2)ncn1C1CCNCC1. The average Bonchev–Trinajstić information content (AvgIpc) is 3.42. The minimum absolute atomic E-state index is 0.0371. The number of pyridine rings is 2. The van der Waals surface area contributed by atoms with Crippen molar-refractivity contribution in [2.24, 2.45) is 0 Å². The molecule has 0 aromatic carbocycles. The van der Waals surface area contributed by atoms with Gasteiger partial charge in [0.2, 0.25) is 5.88 Å². The van der Waals surface area contributed by atoms with Crippen LogP contribution in [0.3, 0.4) is 0 Å². The molecule has 1 atom stereocenters. The van der Waals surface area contributed by atoms with Crippen LogP contribution in [0.4, 0.5) is 8.78 Å². The van der Waals surface area contributed by atoms with Gasteiger partial charge in [-0.25, -0.2) is 18.7 Å². The summed E-state index contributed by atoms with van der Waals surface area (Å²) in [5.74, 6) is -1.28. The lowest BCUT2D eigenvalue weighted by Gasteiger charge is -2.25.